The lowest BCUT2D eigenvalue weighted by molar-refractivity contribution is -0.132. The summed E-state index contributed by atoms with van der Waals surface area (Å²) in [6, 6.07) is 12.7. The zero-order valence-electron chi connectivity index (χ0n) is 17.7. The molecule has 0 bridgehead atoms. The Labute approximate surface area is 188 Å². The van der Waals surface area contributed by atoms with Gasteiger partial charge < -0.3 is 14.6 Å². The first-order chi connectivity index (χ1) is 15.5. The molecule has 1 aromatic heterocycles. The summed E-state index contributed by atoms with van der Waals surface area (Å²) in [7, 11) is 3.01. The van der Waals surface area contributed by atoms with E-state index in [4.69, 9.17) is 9.47 Å². The Hall–Kier alpha value is -3.72. The molecule has 0 saturated carbocycles. The molecule has 32 heavy (non-hydrogen) atoms. The van der Waals surface area contributed by atoms with Gasteiger partial charge in [-0.1, -0.05) is 48.6 Å². The number of Topliss-reactive ketones (excluding diaryl/α,β-unsaturated/α-hetero) is 1. The highest BCUT2D eigenvalue weighted by Gasteiger charge is 2.49. The van der Waals surface area contributed by atoms with Gasteiger partial charge in [0.2, 0.25) is 5.13 Å². The Morgan fingerprint density at radius 2 is 1.84 bits per heavy atom. The number of benzene rings is 2. The van der Waals surface area contributed by atoms with Gasteiger partial charge in [-0.25, -0.2) is 0 Å². The number of ether oxygens (including phenoxy) is 2. The van der Waals surface area contributed by atoms with Crippen molar-refractivity contribution >= 4 is 33.9 Å². The largest absolute Gasteiger partial charge is 0.507 e. The average Bonchev–Trinajstić information content (AvgIpc) is 3.41. The molecule has 1 N–H and O–H groups in total. The number of ketones is 1. The minimum Gasteiger partial charge on any atom is -0.507 e. The van der Waals surface area contributed by atoms with Crippen molar-refractivity contribution in [2.75, 3.05) is 19.1 Å². The maximum atomic E-state index is 13.2. The van der Waals surface area contributed by atoms with Crippen LogP contribution in [0.3, 0.4) is 0 Å². The molecule has 0 spiro atoms. The monoisotopic (exact) mass is 451 g/mol. The standard InChI is InChI=1S/C23H21N3O5S/c1-4-17-24-25-23(32-17)26-19(15-12-14(30-2)10-11-16(15)31-3)18(21(28)22(26)29)20(27)13-8-6-5-7-9-13/h5-12,19,27H,4H2,1-3H3/b20-18+. The van der Waals surface area contributed by atoms with E-state index in [0.717, 1.165) is 5.01 Å². The predicted molar refractivity (Wildman–Crippen MR) is 120 cm³/mol. The second-order valence-corrected chi connectivity index (χ2v) is 8.02. The van der Waals surface area contributed by atoms with Crippen LogP contribution in [0.25, 0.3) is 5.76 Å². The van der Waals surface area contributed by atoms with Gasteiger partial charge in [0.25, 0.3) is 5.78 Å². The Morgan fingerprint density at radius 3 is 2.47 bits per heavy atom. The number of carbonyl (C=O) groups is 2. The summed E-state index contributed by atoms with van der Waals surface area (Å²) >= 11 is 1.22. The van der Waals surface area contributed by atoms with Crippen molar-refractivity contribution in [2.45, 2.75) is 19.4 Å². The number of aromatic nitrogens is 2. The second kappa shape index (κ2) is 8.80. The molecule has 3 aromatic rings. The van der Waals surface area contributed by atoms with Gasteiger partial charge >= 0.3 is 5.91 Å². The zero-order valence-corrected chi connectivity index (χ0v) is 18.5. The smallest absolute Gasteiger partial charge is 0.301 e. The van der Waals surface area contributed by atoms with E-state index in [1.165, 1.54) is 30.5 Å². The summed E-state index contributed by atoms with van der Waals surface area (Å²) in [4.78, 5) is 27.6. The van der Waals surface area contributed by atoms with Crippen molar-refractivity contribution < 1.29 is 24.2 Å². The highest BCUT2D eigenvalue weighted by Crippen LogP contribution is 2.46. The fraction of sp³-hybridized carbons (Fsp3) is 0.217. The maximum absolute atomic E-state index is 13.2. The lowest BCUT2D eigenvalue weighted by atomic mass is 9.94. The third kappa shape index (κ3) is 3.60. The normalized spacial score (nSPS) is 17.6. The van der Waals surface area contributed by atoms with Crippen LogP contribution in [-0.4, -0.2) is 41.2 Å². The molecule has 1 atom stereocenters. The van der Waals surface area contributed by atoms with Gasteiger partial charge in [-0.2, -0.15) is 0 Å². The van der Waals surface area contributed by atoms with Crippen LogP contribution in [0.15, 0.2) is 54.1 Å². The van der Waals surface area contributed by atoms with E-state index in [-0.39, 0.29) is 16.5 Å². The number of aliphatic hydroxyl groups excluding tert-OH is 1. The van der Waals surface area contributed by atoms with E-state index in [1.807, 2.05) is 6.92 Å². The molecule has 9 heteroatoms. The minimum atomic E-state index is -0.974. The zero-order chi connectivity index (χ0) is 22.8. The summed E-state index contributed by atoms with van der Waals surface area (Å²) in [6.45, 7) is 1.93. The Morgan fingerprint density at radius 1 is 1.09 bits per heavy atom. The lowest BCUT2D eigenvalue weighted by Crippen LogP contribution is -2.29. The molecule has 1 saturated heterocycles. The third-order valence-corrected chi connectivity index (χ3v) is 6.25. The molecule has 1 aliphatic heterocycles. The number of aliphatic hydroxyl groups is 1. The van der Waals surface area contributed by atoms with E-state index in [2.05, 4.69) is 10.2 Å². The van der Waals surface area contributed by atoms with Gasteiger partial charge in [-0.05, 0) is 24.6 Å². The molecule has 4 rings (SSSR count). The van der Waals surface area contributed by atoms with Crippen molar-refractivity contribution in [2.24, 2.45) is 0 Å². The van der Waals surface area contributed by atoms with Crippen molar-refractivity contribution in [1.82, 2.24) is 10.2 Å². The minimum absolute atomic E-state index is 0.0546. The first-order valence-electron chi connectivity index (χ1n) is 9.90. The molecular weight excluding hydrogens is 430 g/mol. The highest BCUT2D eigenvalue weighted by molar-refractivity contribution is 7.15. The Bertz CT molecular complexity index is 1210. The van der Waals surface area contributed by atoms with Crippen LogP contribution < -0.4 is 14.4 Å². The number of hydrogen-bond acceptors (Lipinski definition) is 8. The van der Waals surface area contributed by atoms with Crippen molar-refractivity contribution in [3.63, 3.8) is 0 Å². The third-order valence-electron chi connectivity index (χ3n) is 5.19. The van der Waals surface area contributed by atoms with Crippen molar-refractivity contribution in [1.29, 1.82) is 0 Å². The summed E-state index contributed by atoms with van der Waals surface area (Å²) in [6.07, 6.45) is 0.638. The number of aryl methyl sites for hydroxylation is 1. The van der Waals surface area contributed by atoms with Gasteiger partial charge in [-0.3, -0.25) is 14.5 Å². The Kier molecular flexibility index (Phi) is 5.91. The van der Waals surface area contributed by atoms with Gasteiger partial charge in [0.15, 0.2) is 0 Å². The quantitative estimate of drug-likeness (QED) is 0.346. The topological polar surface area (TPSA) is 102 Å². The Balaban J connectivity index is 2.00. The van der Waals surface area contributed by atoms with Crippen LogP contribution in [0.4, 0.5) is 5.13 Å². The van der Waals surface area contributed by atoms with Gasteiger partial charge in [-0.15, -0.1) is 10.2 Å². The molecule has 164 valence electrons. The molecule has 2 aromatic carbocycles. The number of rotatable bonds is 6. The van der Waals surface area contributed by atoms with Gasteiger partial charge in [0.1, 0.15) is 28.3 Å². The first kappa shape index (κ1) is 21.5. The first-order valence-corrected chi connectivity index (χ1v) is 10.7. The molecule has 1 unspecified atom stereocenters. The summed E-state index contributed by atoms with van der Waals surface area (Å²) in [5.41, 5.74) is 0.849. The SMILES string of the molecule is CCc1nnc(N2C(=O)C(=O)/C(=C(/O)c3ccccc3)C2c2cc(OC)ccc2OC)s1. The fourth-order valence-corrected chi connectivity index (χ4v) is 4.42. The van der Waals surface area contributed by atoms with Crippen LogP contribution in [-0.2, 0) is 16.0 Å². The molecule has 0 aliphatic carbocycles. The van der Waals surface area contributed by atoms with Crippen LogP contribution in [0.5, 0.6) is 11.5 Å². The predicted octanol–water partition coefficient (Wildman–Crippen LogP) is 3.74. The molecule has 1 fully saturated rings. The summed E-state index contributed by atoms with van der Waals surface area (Å²) < 4.78 is 10.9. The lowest BCUT2D eigenvalue weighted by Gasteiger charge is -2.24. The van der Waals surface area contributed by atoms with Crippen LogP contribution in [0, 0.1) is 0 Å². The van der Waals surface area contributed by atoms with E-state index >= 15 is 0 Å². The van der Waals surface area contributed by atoms with E-state index < -0.39 is 17.7 Å². The maximum Gasteiger partial charge on any atom is 0.301 e. The van der Waals surface area contributed by atoms with Gasteiger partial charge in [0, 0.05) is 11.1 Å². The number of methoxy groups -OCH3 is 2. The number of anilines is 1. The van der Waals surface area contributed by atoms with E-state index in [1.54, 1.807) is 48.5 Å². The van der Waals surface area contributed by atoms with Crippen LogP contribution >= 0.6 is 11.3 Å². The number of hydrogen-bond donors (Lipinski definition) is 1. The van der Waals surface area contributed by atoms with Crippen molar-refractivity contribution in [3.8, 4) is 11.5 Å². The second-order valence-electron chi connectivity index (χ2n) is 6.97. The van der Waals surface area contributed by atoms with Crippen LogP contribution in [0.1, 0.15) is 29.1 Å². The molecule has 1 aliphatic rings. The molecule has 0 radical (unpaired) electrons. The number of amides is 1. The molecule has 1 amide bonds. The highest BCUT2D eigenvalue weighted by atomic mass is 32.1. The van der Waals surface area contributed by atoms with Crippen molar-refractivity contribution in [3.05, 3.63) is 70.2 Å². The summed E-state index contributed by atoms with van der Waals surface area (Å²) in [5.74, 6) is -0.938. The van der Waals surface area contributed by atoms with E-state index in [0.29, 0.717) is 29.0 Å². The van der Waals surface area contributed by atoms with E-state index in [9.17, 15) is 14.7 Å². The fourth-order valence-electron chi connectivity index (χ4n) is 3.61. The number of nitrogens with zero attached hydrogens (tertiary/aromatic N) is 3. The average molecular weight is 452 g/mol. The number of carbonyl (C=O) groups excluding carboxylic acids is 2. The van der Waals surface area contributed by atoms with Gasteiger partial charge in [0.05, 0.1) is 19.8 Å². The van der Waals surface area contributed by atoms with Crippen LogP contribution in [0.2, 0.25) is 0 Å². The molecule has 8 nitrogen and oxygen atoms in total. The molecular formula is C23H21N3O5S. The molecule has 2 heterocycles. The summed E-state index contributed by atoms with van der Waals surface area (Å²) in [5, 5.41) is 20.4.